The molecule has 1 aromatic carbocycles. The van der Waals surface area contributed by atoms with Crippen LogP contribution in [0.25, 0.3) is 22.0 Å². The first-order chi connectivity index (χ1) is 13.7. The third kappa shape index (κ3) is 4.41. The summed E-state index contributed by atoms with van der Waals surface area (Å²) in [5.74, 6) is 0.758. The average Bonchev–Trinajstić information content (AvgIpc) is 3.16. The zero-order valence-electron chi connectivity index (χ0n) is 17.8. The van der Waals surface area contributed by atoms with E-state index in [1.165, 1.54) is 0 Å². The fraction of sp³-hybridized carbons (Fsp3) is 0.500. The highest BCUT2D eigenvalue weighted by Gasteiger charge is 2.28. The molecule has 0 saturated carbocycles. The highest BCUT2D eigenvalue weighted by atomic mass is 16.5. The van der Waals surface area contributed by atoms with Crippen molar-refractivity contribution in [2.45, 2.75) is 51.9 Å². The molecule has 1 aliphatic heterocycles. The van der Waals surface area contributed by atoms with Crippen LogP contribution < -0.4 is 10.1 Å². The molecule has 1 N–H and O–H groups in total. The molecule has 1 aliphatic rings. The third-order valence-electron chi connectivity index (χ3n) is 5.02. The molecule has 29 heavy (non-hydrogen) atoms. The van der Waals surface area contributed by atoms with Gasteiger partial charge in [0.05, 0.1) is 28.2 Å². The zero-order chi connectivity index (χ0) is 20.6. The Labute approximate surface area is 171 Å². The molecule has 1 atom stereocenters. The molecule has 0 radical (unpaired) electrons. The second kappa shape index (κ2) is 7.39. The van der Waals surface area contributed by atoms with Crippen LogP contribution in [0.15, 0.2) is 37.1 Å². The second-order valence-electron chi connectivity index (χ2n) is 9.22. The van der Waals surface area contributed by atoms with Crippen LogP contribution in [-0.2, 0) is 10.3 Å². The zero-order valence-corrected chi connectivity index (χ0v) is 17.8. The number of morpholine rings is 1. The smallest absolute Gasteiger partial charge is 0.131 e. The first-order valence-corrected chi connectivity index (χ1v) is 10.0. The number of benzene rings is 1. The molecule has 7 heteroatoms. The van der Waals surface area contributed by atoms with Crippen LogP contribution in [0.3, 0.4) is 0 Å². The van der Waals surface area contributed by atoms with Gasteiger partial charge in [-0.15, -0.1) is 0 Å². The average molecular weight is 396 g/mol. The van der Waals surface area contributed by atoms with Crippen LogP contribution in [0.4, 0.5) is 0 Å². The molecule has 2 aromatic heterocycles. The minimum Gasteiger partial charge on any atom is -0.490 e. The Balaban J connectivity index is 1.63. The number of nitrogens with one attached hydrogen (secondary N) is 1. The van der Waals surface area contributed by atoms with E-state index in [9.17, 15) is 0 Å². The van der Waals surface area contributed by atoms with E-state index in [0.717, 1.165) is 40.9 Å². The lowest BCUT2D eigenvalue weighted by Crippen LogP contribution is -2.52. The van der Waals surface area contributed by atoms with Crippen molar-refractivity contribution in [3.05, 3.63) is 37.1 Å². The summed E-state index contributed by atoms with van der Waals surface area (Å²) in [6, 6.07) is 4.09. The normalized spacial score (nSPS) is 19.4. The first-order valence-electron chi connectivity index (χ1n) is 10.0. The van der Waals surface area contributed by atoms with Gasteiger partial charge in [0.25, 0.3) is 0 Å². The van der Waals surface area contributed by atoms with Crippen LogP contribution >= 0.6 is 0 Å². The van der Waals surface area contributed by atoms with Gasteiger partial charge in [-0.25, -0.2) is 9.97 Å². The molecule has 3 aromatic rings. The second-order valence-corrected chi connectivity index (χ2v) is 9.22. The molecule has 0 unspecified atom stereocenters. The van der Waals surface area contributed by atoms with Gasteiger partial charge in [-0.3, -0.25) is 4.68 Å². The molecule has 3 heterocycles. The lowest BCUT2D eigenvalue weighted by molar-refractivity contribution is -0.106. The van der Waals surface area contributed by atoms with Crippen LogP contribution in [0.5, 0.6) is 5.75 Å². The molecule has 0 amide bonds. The minimum atomic E-state index is -0.194. The summed E-state index contributed by atoms with van der Waals surface area (Å²) in [6.45, 7) is 12.6. The Kier molecular flexibility index (Phi) is 5.04. The quantitative estimate of drug-likeness (QED) is 0.730. The molecule has 7 nitrogen and oxygen atoms in total. The molecule has 154 valence electrons. The van der Waals surface area contributed by atoms with Crippen molar-refractivity contribution in [1.29, 1.82) is 0 Å². The monoisotopic (exact) mass is 395 g/mol. The maximum Gasteiger partial charge on any atom is 0.131 e. The van der Waals surface area contributed by atoms with Gasteiger partial charge in [0.1, 0.15) is 24.8 Å². The summed E-state index contributed by atoms with van der Waals surface area (Å²) in [5, 5.41) is 8.83. The number of fused-ring (bicyclic) bond motifs is 1. The van der Waals surface area contributed by atoms with Crippen LogP contribution in [-0.4, -0.2) is 51.1 Å². The molecule has 4 rings (SSSR count). The summed E-state index contributed by atoms with van der Waals surface area (Å²) in [4.78, 5) is 8.62. The largest absolute Gasteiger partial charge is 0.490 e. The van der Waals surface area contributed by atoms with Gasteiger partial charge >= 0.3 is 0 Å². The van der Waals surface area contributed by atoms with E-state index >= 15 is 0 Å². The fourth-order valence-electron chi connectivity index (χ4n) is 3.52. The van der Waals surface area contributed by atoms with Crippen molar-refractivity contribution in [3.8, 4) is 16.9 Å². The van der Waals surface area contributed by atoms with E-state index in [2.05, 4.69) is 67.3 Å². The molecular formula is C22H29N5O2. The Morgan fingerprint density at radius 1 is 1.24 bits per heavy atom. The van der Waals surface area contributed by atoms with Crippen molar-refractivity contribution < 1.29 is 9.47 Å². The maximum atomic E-state index is 6.22. The van der Waals surface area contributed by atoms with Gasteiger partial charge in [-0.1, -0.05) is 0 Å². The fourth-order valence-corrected chi connectivity index (χ4v) is 3.52. The van der Waals surface area contributed by atoms with Gasteiger partial charge in [0, 0.05) is 31.0 Å². The summed E-state index contributed by atoms with van der Waals surface area (Å²) in [7, 11) is 0. The number of hydrogen-bond acceptors (Lipinski definition) is 6. The maximum absolute atomic E-state index is 6.22. The number of ether oxygens (including phenoxy) is 2. The van der Waals surface area contributed by atoms with Gasteiger partial charge in [0.15, 0.2) is 0 Å². The molecule has 0 bridgehead atoms. The lowest BCUT2D eigenvalue weighted by Gasteiger charge is -2.36. The summed E-state index contributed by atoms with van der Waals surface area (Å²) < 4.78 is 14.3. The van der Waals surface area contributed by atoms with Crippen LogP contribution in [0.2, 0.25) is 0 Å². The number of rotatable bonds is 4. The van der Waals surface area contributed by atoms with Gasteiger partial charge in [0.2, 0.25) is 0 Å². The lowest BCUT2D eigenvalue weighted by atomic mass is 10.1. The Hall–Kier alpha value is -2.51. The van der Waals surface area contributed by atoms with Crippen LogP contribution in [0.1, 0.15) is 34.6 Å². The summed E-state index contributed by atoms with van der Waals surface area (Å²) >= 11 is 0. The van der Waals surface area contributed by atoms with Gasteiger partial charge < -0.3 is 14.8 Å². The molecule has 0 aliphatic carbocycles. The van der Waals surface area contributed by atoms with Crippen LogP contribution in [0, 0.1) is 0 Å². The number of nitrogens with zero attached hydrogens (tertiary/aromatic N) is 4. The topological polar surface area (TPSA) is 74.1 Å². The summed E-state index contributed by atoms with van der Waals surface area (Å²) in [6.07, 6.45) is 7.29. The van der Waals surface area contributed by atoms with E-state index in [1.54, 1.807) is 12.5 Å². The number of aromatic nitrogens is 4. The van der Waals surface area contributed by atoms with Crippen molar-refractivity contribution in [2.75, 3.05) is 19.7 Å². The Bertz CT molecular complexity index is 1010. The van der Waals surface area contributed by atoms with E-state index in [-0.39, 0.29) is 17.2 Å². The third-order valence-corrected chi connectivity index (χ3v) is 5.02. The van der Waals surface area contributed by atoms with Crippen molar-refractivity contribution >= 4 is 10.9 Å². The van der Waals surface area contributed by atoms with E-state index in [0.29, 0.717) is 6.61 Å². The van der Waals surface area contributed by atoms with Gasteiger partial charge in [-0.05, 0) is 52.3 Å². The van der Waals surface area contributed by atoms with E-state index in [4.69, 9.17) is 9.47 Å². The molecule has 1 fully saturated rings. The Morgan fingerprint density at radius 2 is 2.07 bits per heavy atom. The number of hydrogen-bond donors (Lipinski definition) is 1. The SMILES string of the molecule is CC1(C)CNC[C@@H](COc2cc(-c3cnn(C(C)(C)C)c3)cc3ncncc23)O1. The standard InChI is InChI=1S/C22H29N5O2/c1-21(2,3)27-11-16(8-26-27)15-6-19-18(10-24-14-25-19)20(7-15)28-12-17-9-23-13-22(4,5)29-17/h6-8,10-11,14,17,23H,9,12-13H2,1-5H3/t17-/m0/s1. The predicted molar refractivity (Wildman–Crippen MR) is 113 cm³/mol. The molecule has 1 saturated heterocycles. The van der Waals surface area contributed by atoms with E-state index < -0.39 is 0 Å². The summed E-state index contributed by atoms with van der Waals surface area (Å²) in [5.41, 5.74) is 2.63. The predicted octanol–water partition coefficient (Wildman–Crippen LogP) is 3.39. The van der Waals surface area contributed by atoms with Crippen molar-refractivity contribution in [2.24, 2.45) is 0 Å². The highest BCUT2D eigenvalue weighted by molar-refractivity contribution is 5.89. The molecular weight excluding hydrogens is 366 g/mol. The first kappa shape index (κ1) is 19.8. The van der Waals surface area contributed by atoms with E-state index in [1.807, 2.05) is 16.9 Å². The van der Waals surface area contributed by atoms with Gasteiger partial charge in [-0.2, -0.15) is 5.10 Å². The minimum absolute atomic E-state index is 0.00859. The highest BCUT2D eigenvalue weighted by Crippen LogP contribution is 2.32. The van der Waals surface area contributed by atoms with Crippen molar-refractivity contribution in [1.82, 2.24) is 25.1 Å². The molecule has 0 spiro atoms. The Morgan fingerprint density at radius 3 is 2.79 bits per heavy atom. The van der Waals surface area contributed by atoms with Crippen molar-refractivity contribution in [3.63, 3.8) is 0 Å².